The van der Waals surface area contributed by atoms with Crippen molar-refractivity contribution in [2.24, 2.45) is 28.6 Å². The molecule has 0 aliphatic heterocycles. The zero-order valence-corrected chi connectivity index (χ0v) is 14.0. The molecular weight excluding hydrogens is 337 g/mol. The van der Waals surface area contributed by atoms with Crippen LogP contribution in [0.1, 0.15) is 43.5 Å². The fourth-order valence-corrected chi connectivity index (χ4v) is 4.04. The third-order valence-corrected chi connectivity index (χ3v) is 5.24. The number of H-pyrrole nitrogens is 1. The first-order chi connectivity index (χ1) is 11.7. The van der Waals surface area contributed by atoms with Gasteiger partial charge in [-0.1, -0.05) is 11.6 Å². The minimum absolute atomic E-state index is 0.0787. The number of aromatic nitrogens is 2. The van der Waals surface area contributed by atoms with Crippen molar-refractivity contribution in [3.63, 3.8) is 0 Å². The molecule has 0 amide bonds. The average molecular weight is 359 g/mol. The number of carbonyl (C=O) groups is 1. The van der Waals surface area contributed by atoms with E-state index in [0.717, 1.165) is 18.4 Å². The molecular formula is C16H22F3N4O2+. The van der Waals surface area contributed by atoms with Crippen LogP contribution in [0.3, 0.4) is 0 Å². The lowest BCUT2D eigenvalue weighted by molar-refractivity contribution is -0.742. The summed E-state index contributed by atoms with van der Waals surface area (Å²) in [7, 11) is 0. The van der Waals surface area contributed by atoms with Crippen molar-refractivity contribution in [2.45, 2.75) is 51.7 Å². The van der Waals surface area contributed by atoms with Crippen LogP contribution < -0.4 is 10.4 Å². The van der Waals surface area contributed by atoms with Gasteiger partial charge >= 0.3 is 12.1 Å². The van der Waals surface area contributed by atoms with Gasteiger partial charge in [0.15, 0.2) is 5.69 Å². The van der Waals surface area contributed by atoms with E-state index in [0.29, 0.717) is 24.0 Å². The van der Waals surface area contributed by atoms with E-state index in [1.165, 1.54) is 30.9 Å². The Morgan fingerprint density at radius 3 is 2.76 bits per heavy atom. The number of nitrogens with zero attached hydrogens (tertiary/aromatic N) is 2. The van der Waals surface area contributed by atoms with Crippen LogP contribution >= 0.6 is 0 Å². The van der Waals surface area contributed by atoms with Crippen LogP contribution in [0.2, 0.25) is 0 Å². The number of hydrogen-bond acceptors (Lipinski definition) is 3. The fraction of sp³-hybridized carbons (Fsp3) is 0.688. The lowest BCUT2D eigenvalue weighted by atomic mass is 9.86. The van der Waals surface area contributed by atoms with Crippen molar-refractivity contribution in [2.75, 3.05) is 0 Å². The summed E-state index contributed by atoms with van der Waals surface area (Å²) in [5.74, 6) is 1.19. The molecule has 1 heterocycles. The van der Waals surface area contributed by atoms with Gasteiger partial charge in [0.2, 0.25) is 18.1 Å². The third kappa shape index (κ3) is 4.13. The molecule has 3 rings (SSSR count). The summed E-state index contributed by atoms with van der Waals surface area (Å²) in [5.41, 5.74) is 5.14. The van der Waals surface area contributed by atoms with E-state index in [-0.39, 0.29) is 12.4 Å². The number of aryl methyl sites for hydroxylation is 1. The largest absolute Gasteiger partial charge is 0.436 e. The van der Waals surface area contributed by atoms with Crippen molar-refractivity contribution in [1.29, 1.82) is 0 Å². The molecule has 6 nitrogen and oxygen atoms in total. The smallest absolute Gasteiger partial charge is 0.379 e. The highest BCUT2D eigenvalue weighted by Crippen LogP contribution is 2.49. The molecule has 0 radical (unpaired) electrons. The topological polar surface area (TPSA) is 84.3 Å². The molecule has 0 spiro atoms. The van der Waals surface area contributed by atoms with Gasteiger partial charge in [-0.3, -0.25) is 0 Å². The minimum Gasteiger partial charge on any atom is -0.379 e. The average Bonchev–Trinajstić information content (AvgIpc) is 3.21. The molecule has 3 atom stereocenters. The van der Waals surface area contributed by atoms with E-state index >= 15 is 0 Å². The van der Waals surface area contributed by atoms with Crippen molar-refractivity contribution >= 4 is 11.8 Å². The first-order valence-corrected chi connectivity index (χ1v) is 8.41. The molecule has 2 fully saturated rings. The molecule has 25 heavy (non-hydrogen) atoms. The monoisotopic (exact) mass is 359 g/mol. The number of halogens is 3. The Kier molecular flexibility index (Phi) is 4.75. The number of oxime groups is 1. The summed E-state index contributed by atoms with van der Waals surface area (Å²) in [6, 6.07) is 0.981. The van der Waals surface area contributed by atoms with Gasteiger partial charge in [-0.05, 0) is 37.0 Å². The second kappa shape index (κ2) is 6.68. The normalized spacial score (nSPS) is 26.2. The van der Waals surface area contributed by atoms with Crippen LogP contribution in [-0.2, 0) is 22.4 Å². The fourth-order valence-electron chi connectivity index (χ4n) is 4.04. The predicted octanol–water partition coefficient (Wildman–Crippen LogP) is 2.27. The molecule has 2 saturated carbocycles. The number of fused-ring (bicyclic) bond motifs is 2. The highest BCUT2D eigenvalue weighted by molar-refractivity contribution is 5.79. The Labute approximate surface area is 143 Å². The van der Waals surface area contributed by atoms with Gasteiger partial charge in [0.1, 0.15) is 0 Å². The van der Waals surface area contributed by atoms with Crippen LogP contribution in [0.5, 0.6) is 0 Å². The molecule has 0 saturated heterocycles. The van der Waals surface area contributed by atoms with E-state index in [9.17, 15) is 18.0 Å². The van der Waals surface area contributed by atoms with Gasteiger partial charge in [0, 0.05) is 13.0 Å². The minimum atomic E-state index is -4.46. The van der Waals surface area contributed by atoms with E-state index in [1.54, 1.807) is 0 Å². The predicted molar refractivity (Wildman–Crippen MR) is 82.0 cm³/mol. The number of hydrogen-bond donors (Lipinski definition) is 2. The summed E-state index contributed by atoms with van der Waals surface area (Å²) in [6.07, 6.45) is 0.566. The Balaban J connectivity index is 1.52. The summed E-state index contributed by atoms with van der Waals surface area (Å²) >= 11 is 0. The van der Waals surface area contributed by atoms with Gasteiger partial charge in [-0.2, -0.15) is 18.3 Å². The number of rotatable bonds is 5. The Morgan fingerprint density at radius 2 is 2.20 bits per heavy atom. The summed E-state index contributed by atoms with van der Waals surface area (Å²) < 4.78 is 39.2. The summed E-state index contributed by atoms with van der Waals surface area (Å²) in [4.78, 5) is 16.7. The number of aromatic amines is 1. The van der Waals surface area contributed by atoms with Crippen LogP contribution in [0.4, 0.5) is 13.2 Å². The quantitative estimate of drug-likeness (QED) is 0.278. The molecule has 1 aromatic heterocycles. The van der Waals surface area contributed by atoms with Crippen LogP contribution in [0.15, 0.2) is 11.2 Å². The van der Waals surface area contributed by atoms with E-state index in [4.69, 9.17) is 10.6 Å². The maximum atomic E-state index is 12.7. The summed E-state index contributed by atoms with van der Waals surface area (Å²) in [6.45, 7) is 1.39. The van der Waals surface area contributed by atoms with Gasteiger partial charge in [-0.15, -0.1) is 4.68 Å². The Morgan fingerprint density at radius 1 is 1.44 bits per heavy atom. The zero-order chi connectivity index (χ0) is 18.2. The zero-order valence-electron chi connectivity index (χ0n) is 14.0. The lowest BCUT2D eigenvalue weighted by Gasteiger charge is -2.19. The number of carbonyl (C=O) groups excluding carboxylic acids is 1. The second-order valence-corrected chi connectivity index (χ2v) is 7.08. The number of nitrogens with one attached hydrogen (secondary N) is 1. The summed E-state index contributed by atoms with van der Waals surface area (Å²) in [5, 5.41) is 5.77. The highest BCUT2D eigenvalue weighted by Gasteiger charge is 2.40. The molecule has 9 heteroatoms. The van der Waals surface area contributed by atoms with E-state index in [2.05, 4.69) is 10.3 Å². The van der Waals surface area contributed by atoms with E-state index in [1.807, 2.05) is 0 Å². The Hall–Kier alpha value is -2.06. The highest BCUT2D eigenvalue weighted by atomic mass is 19.4. The molecule has 2 aliphatic carbocycles. The van der Waals surface area contributed by atoms with Crippen molar-refractivity contribution < 1.29 is 27.5 Å². The number of alkyl halides is 3. The molecule has 2 aliphatic rings. The van der Waals surface area contributed by atoms with Crippen LogP contribution in [-0.4, -0.2) is 16.9 Å². The molecule has 138 valence electrons. The van der Waals surface area contributed by atoms with E-state index < -0.39 is 17.8 Å². The molecule has 3 unspecified atom stereocenters. The lowest BCUT2D eigenvalue weighted by Crippen LogP contribution is -2.45. The maximum absolute atomic E-state index is 12.7. The van der Waals surface area contributed by atoms with Gasteiger partial charge in [0.05, 0.1) is 6.42 Å². The van der Waals surface area contributed by atoms with Crippen molar-refractivity contribution in [3.8, 4) is 0 Å². The molecule has 1 aromatic rings. The number of nitrogens with two attached hydrogens (primary N) is 1. The number of amidine groups is 1. The first kappa shape index (κ1) is 17.8. The first-order valence-electron chi connectivity index (χ1n) is 8.41. The standard InChI is InChI=1S/C16H21F3N4O2/c1-9-4-13(16(17,18)19)21-23(9)8-14(20)22-25-15(24)7-12-6-10-2-3-11(12)5-10/h4,10-12H,2-3,5-8H2,1H3,(H2,20,22)/p+1. The maximum Gasteiger partial charge on any atom is 0.436 e. The third-order valence-electron chi connectivity index (χ3n) is 5.24. The van der Waals surface area contributed by atoms with Gasteiger partial charge in [0.25, 0.3) is 0 Å². The van der Waals surface area contributed by atoms with Gasteiger partial charge in [-0.25, -0.2) is 4.79 Å². The Bertz CT molecular complexity index is 683. The second-order valence-electron chi connectivity index (χ2n) is 7.08. The van der Waals surface area contributed by atoms with Gasteiger partial charge < -0.3 is 10.6 Å². The van der Waals surface area contributed by atoms with Crippen molar-refractivity contribution in [1.82, 2.24) is 5.10 Å². The molecule has 0 aromatic carbocycles. The van der Waals surface area contributed by atoms with Crippen LogP contribution in [0, 0.1) is 24.7 Å². The van der Waals surface area contributed by atoms with Crippen LogP contribution in [0.25, 0.3) is 0 Å². The molecule has 3 N–H and O–H groups in total. The molecule has 2 bridgehead atoms. The van der Waals surface area contributed by atoms with Crippen molar-refractivity contribution in [3.05, 3.63) is 17.5 Å². The SMILES string of the molecule is Cc1cc(C(F)(F)F)[nH][n+]1C/C(N)=N/OC(=O)CC1CC2CCC1C2.